The molecule has 8 nitrogen and oxygen atoms in total. The van der Waals surface area contributed by atoms with Gasteiger partial charge in [0.05, 0.1) is 19.1 Å². The minimum Gasteiger partial charge on any atom is -0.497 e. The minimum absolute atomic E-state index is 0.114. The van der Waals surface area contributed by atoms with Gasteiger partial charge in [0.15, 0.2) is 0 Å². The Morgan fingerprint density at radius 2 is 1.83 bits per heavy atom. The lowest BCUT2D eigenvalue weighted by Crippen LogP contribution is -2.52. The Morgan fingerprint density at radius 1 is 1.11 bits per heavy atom. The SMILES string of the molecule is CCCCNC(=O)[C@H](CC)N(Cc1cccc(OC)c1)C(=O)CN(c1cccc(Cl)c1)S(C)(=O)=O. The Labute approximate surface area is 213 Å². The summed E-state index contributed by atoms with van der Waals surface area (Å²) in [5, 5.41) is 3.24. The monoisotopic (exact) mass is 523 g/mol. The molecule has 0 aliphatic rings. The molecule has 1 N–H and O–H groups in total. The molecule has 0 heterocycles. The maximum atomic E-state index is 13.6. The van der Waals surface area contributed by atoms with Gasteiger partial charge in [0, 0.05) is 18.1 Å². The van der Waals surface area contributed by atoms with Crippen molar-refractivity contribution in [2.75, 3.05) is 30.8 Å². The predicted molar refractivity (Wildman–Crippen MR) is 139 cm³/mol. The quantitative estimate of drug-likeness (QED) is 0.402. The first-order chi connectivity index (χ1) is 16.6. The zero-order valence-electron chi connectivity index (χ0n) is 20.7. The van der Waals surface area contributed by atoms with Crippen LogP contribution in [0.5, 0.6) is 5.75 Å². The number of rotatable bonds is 13. The molecule has 2 aromatic carbocycles. The summed E-state index contributed by atoms with van der Waals surface area (Å²) in [5.74, 6) is -0.159. The molecule has 10 heteroatoms. The van der Waals surface area contributed by atoms with Crippen LogP contribution in [0.1, 0.15) is 38.7 Å². The number of unbranched alkanes of at least 4 members (excludes halogenated alkanes) is 1. The van der Waals surface area contributed by atoms with E-state index in [4.69, 9.17) is 16.3 Å². The van der Waals surface area contributed by atoms with E-state index in [9.17, 15) is 18.0 Å². The number of methoxy groups -OCH3 is 1. The number of ether oxygens (including phenoxy) is 1. The molecule has 35 heavy (non-hydrogen) atoms. The number of hydrogen-bond acceptors (Lipinski definition) is 5. The smallest absolute Gasteiger partial charge is 0.244 e. The van der Waals surface area contributed by atoms with Crippen molar-refractivity contribution in [3.8, 4) is 5.75 Å². The van der Waals surface area contributed by atoms with Gasteiger partial charge in [-0.05, 0) is 48.7 Å². The van der Waals surface area contributed by atoms with Crippen LogP contribution >= 0.6 is 11.6 Å². The lowest BCUT2D eigenvalue weighted by Gasteiger charge is -2.33. The highest BCUT2D eigenvalue weighted by Crippen LogP contribution is 2.23. The number of sulfonamides is 1. The molecule has 0 aliphatic carbocycles. The number of nitrogens with one attached hydrogen (secondary N) is 1. The third-order valence-electron chi connectivity index (χ3n) is 5.48. The van der Waals surface area contributed by atoms with E-state index in [-0.39, 0.29) is 18.1 Å². The zero-order valence-corrected chi connectivity index (χ0v) is 22.2. The molecule has 0 saturated heterocycles. The van der Waals surface area contributed by atoms with Gasteiger partial charge in [-0.1, -0.05) is 50.1 Å². The van der Waals surface area contributed by atoms with Crippen LogP contribution in [-0.2, 0) is 26.2 Å². The first-order valence-electron chi connectivity index (χ1n) is 11.5. The summed E-state index contributed by atoms with van der Waals surface area (Å²) in [6.45, 7) is 3.99. The van der Waals surface area contributed by atoms with Crippen LogP contribution in [0.15, 0.2) is 48.5 Å². The molecule has 0 aliphatic heterocycles. The number of anilines is 1. The number of nitrogens with zero attached hydrogens (tertiary/aromatic N) is 2. The van der Waals surface area contributed by atoms with Crippen molar-refractivity contribution in [2.24, 2.45) is 0 Å². The molecule has 2 amide bonds. The third kappa shape index (κ3) is 8.43. The van der Waals surface area contributed by atoms with Gasteiger partial charge >= 0.3 is 0 Å². The highest BCUT2D eigenvalue weighted by molar-refractivity contribution is 7.92. The molecule has 1 atom stereocenters. The summed E-state index contributed by atoms with van der Waals surface area (Å²) in [6, 6.07) is 12.7. The molecule has 0 spiro atoms. The Kier molecular flexibility index (Phi) is 10.9. The second-order valence-electron chi connectivity index (χ2n) is 8.19. The number of amides is 2. The Hall–Kier alpha value is -2.78. The van der Waals surface area contributed by atoms with Crippen molar-refractivity contribution < 1.29 is 22.7 Å². The second-order valence-corrected chi connectivity index (χ2v) is 10.5. The lowest BCUT2D eigenvalue weighted by atomic mass is 10.1. The molecule has 2 aromatic rings. The predicted octanol–water partition coefficient (Wildman–Crippen LogP) is 3.84. The van der Waals surface area contributed by atoms with E-state index >= 15 is 0 Å². The van der Waals surface area contributed by atoms with E-state index in [0.29, 0.717) is 23.7 Å². The third-order valence-corrected chi connectivity index (χ3v) is 6.85. The average molecular weight is 524 g/mol. The molecule has 192 valence electrons. The Bertz CT molecular complexity index is 1110. The minimum atomic E-state index is -3.81. The van der Waals surface area contributed by atoms with Gasteiger partial charge in [0.1, 0.15) is 18.3 Å². The molecular weight excluding hydrogens is 490 g/mol. The second kappa shape index (κ2) is 13.3. The van der Waals surface area contributed by atoms with E-state index in [1.165, 1.54) is 11.0 Å². The van der Waals surface area contributed by atoms with Gasteiger partial charge in [-0.25, -0.2) is 8.42 Å². The van der Waals surface area contributed by atoms with Crippen molar-refractivity contribution in [3.05, 3.63) is 59.1 Å². The van der Waals surface area contributed by atoms with E-state index in [2.05, 4.69) is 5.32 Å². The number of benzene rings is 2. The van der Waals surface area contributed by atoms with E-state index in [1.807, 2.05) is 19.9 Å². The number of carbonyl (C=O) groups excluding carboxylic acids is 2. The topological polar surface area (TPSA) is 96.0 Å². The molecule has 0 bridgehead atoms. The Balaban J connectivity index is 2.42. The Morgan fingerprint density at radius 3 is 2.43 bits per heavy atom. The normalized spacial score (nSPS) is 12.0. The van der Waals surface area contributed by atoms with Crippen LogP contribution in [0.4, 0.5) is 5.69 Å². The van der Waals surface area contributed by atoms with Gasteiger partial charge in [-0.15, -0.1) is 0 Å². The van der Waals surface area contributed by atoms with Crippen molar-refractivity contribution >= 4 is 39.1 Å². The van der Waals surface area contributed by atoms with Crippen LogP contribution < -0.4 is 14.4 Å². The summed E-state index contributed by atoms with van der Waals surface area (Å²) in [5.41, 5.74) is 1.03. The van der Waals surface area contributed by atoms with Crippen molar-refractivity contribution in [2.45, 2.75) is 45.7 Å². The van der Waals surface area contributed by atoms with Gasteiger partial charge in [-0.2, -0.15) is 0 Å². The highest BCUT2D eigenvalue weighted by atomic mass is 35.5. The van der Waals surface area contributed by atoms with Crippen molar-refractivity contribution in [3.63, 3.8) is 0 Å². The van der Waals surface area contributed by atoms with Crippen LogP contribution in [0.2, 0.25) is 5.02 Å². The fourth-order valence-electron chi connectivity index (χ4n) is 3.64. The average Bonchev–Trinajstić information content (AvgIpc) is 2.81. The standard InChI is InChI=1S/C25H34ClN3O5S/c1-5-7-14-27-25(31)23(6-2)28(17-19-10-8-13-22(15-19)34-3)24(30)18-29(35(4,32)33)21-12-9-11-20(26)16-21/h8-13,15-16,23H,5-7,14,17-18H2,1-4H3,(H,27,31)/t23-/m0/s1. The lowest BCUT2D eigenvalue weighted by molar-refractivity contribution is -0.140. The van der Waals surface area contributed by atoms with Crippen LogP contribution in [0.25, 0.3) is 0 Å². The van der Waals surface area contributed by atoms with E-state index in [1.54, 1.807) is 43.5 Å². The molecule has 0 aromatic heterocycles. The highest BCUT2D eigenvalue weighted by Gasteiger charge is 2.31. The summed E-state index contributed by atoms with van der Waals surface area (Å²) in [6.07, 6.45) is 3.14. The summed E-state index contributed by atoms with van der Waals surface area (Å²) in [7, 11) is -2.26. The van der Waals surface area contributed by atoms with Gasteiger partial charge < -0.3 is 15.0 Å². The fraction of sp³-hybridized carbons (Fsp3) is 0.440. The maximum absolute atomic E-state index is 13.6. The van der Waals surface area contributed by atoms with Crippen LogP contribution in [-0.4, -0.2) is 57.6 Å². The van der Waals surface area contributed by atoms with Gasteiger partial charge in [0.2, 0.25) is 21.8 Å². The van der Waals surface area contributed by atoms with Crippen molar-refractivity contribution in [1.29, 1.82) is 0 Å². The summed E-state index contributed by atoms with van der Waals surface area (Å²) >= 11 is 6.07. The van der Waals surface area contributed by atoms with Crippen LogP contribution in [0.3, 0.4) is 0 Å². The summed E-state index contributed by atoms with van der Waals surface area (Å²) < 4.78 is 31.5. The molecule has 2 rings (SSSR count). The van der Waals surface area contributed by atoms with Crippen molar-refractivity contribution in [1.82, 2.24) is 10.2 Å². The zero-order chi connectivity index (χ0) is 26.0. The number of halogens is 1. The molecule has 0 saturated carbocycles. The van der Waals surface area contributed by atoms with Gasteiger partial charge in [-0.3, -0.25) is 13.9 Å². The maximum Gasteiger partial charge on any atom is 0.244 e. The van der Waals surface area contributed by atoms with Gasteiger partial charge in [0.25, 0.3) is 0 Å². The molecular formula is C25H34ClN3O5S. The number of hydrogen-bond donors (Lipinski definition) is 1. The molecule has 0 radical (unpaired) electrons. The fourth-order valence-corrected chi connectivity index (χ4v) is 4.66. The number of carbonyl (C=O) groups is 2. The largest absolute Gasteiger partial charge is 0.497 e. The first-order valence-corrected chi connectivity index (χ1v) is 13.8. The molecule has 0 unspecified atom stereocenters. The first kappa shape index (κ1) is 28.5. The van der Waals surface area contributed by atoms with E-state index in [0.717, 1.165) is 29.0 Å². The molecule has 0 fully saturated rings. The summed E-state index contributed by atoms with van der Waals surface area (Å²) in [4.78, 5) is 28.1. The van der Waals surface area contributed by atoms with E-state index < -0.39 is 28.5 Å². The van der Waals surface area contributed by atoms with Crippen LogP contribution in [0, 0.1) is 0 Å².